The van der Waals surface area contributed by atoms with Gasteiger partial charge < -0.3 is 10.6 Å². The molecule has 2 heterocycles. The average molecular weight is 325 g/mol. The second kappa shape index (κ2) is 7.24. The molecule has 2 aromatic heterocycles. The van der Waals surface area contributed by atoms with Gasteiger partial charge in [-0.05, 0) is 24.6 Å². The fourth-order valence-corrected chi connectivity index (χ4v) is 1.92. The maximum atomic E-state index is 12.1. The molecular weight excluding hydrogens is 311 g/mol. The van der Waals surface area contributed by atoms with E-state index in [0.29, 0.717) is 27.2 Å². The zero-order chi connectivity index (χ0) is 15.2. The van der Waals surface area contributed by atoms with Crippen LogP contribution in [0, 0.1) is 0 Å². The minimum atomic E-state index is -0.332. The van der Waals surface area contributed by atoms with Crippen molar-refractivity contribution < 1.29 is 4.79 Å². The smallest absolute Gasteiger partial charge is 0.258 e. The Kier molecular flexibility index (Phi) is 5.36. The molecule has 5 nitrogen and oxygen atoms in total. The minimum absolute atomic E-state index is 0.332. The molecule has 2 N–H and O–H groups in total. The van der Waals surface area contributed by atoms with Gasteiger partial charge in [-0.1, -0.05) is 30.1 Å². The number of carbonyl (C=O) groups excluding carboxylic acids is 1. The maximum Gasteiger partial charge on any atom is 0.258 e. The molecule has 0 spiro atoms. The van der Waals surface area contributed by atoms with Gasteiger partial charge in [0, 0.05) is 18.9 Å². The molecule has 0 aromatic carbocycles. The molecule has 7 heteroatoms. The zero-order valence-electron chi connectivity index (χ0n) is 11.4. The second-order valence-corrected chi connectivity index (χ2v) is 5.14. The molecule has 21 heavy (non-hydrogen) atoms. The molecule has 0 saturated carbocycles. The van der Waals surface area contributed by atoms with Crippen LogP contribution in [0.25, 0.3) is 0 Å². The van der Waals surface area contributed by atoms with Crippen LogP contribution in [0.1, 0.15) is 23.7 Å². The van der Waals surface area contributed by atoms with Gasteiger partial charge >= 0.3 is 0 Å². The SMILES string of the molecule is CCCNc1ncc(C(=O)Nc2ccc(Cl)cn2)cc1Cl. The highest BCUT2D eigenvalue weighted by Gasteiger charge is 2.10. The largest absolute Gasteiger partial charge is 0.369 e. The highest BCUT2D eigenvalue weighted by Crippen LogP contribution is 2.20. The Balaban J connectivity index is 2.08. The van der Waals surface area contributed by atoms with Gasteiger partial charge in [0.2, 0.25) is 0 Å². The van der Waals surface area contributed by atoms with Gasteiger partial charge in [0.25, 0.3) is 5.91 Å². The number of carbonyl (C=O) groups is 1. The lowest BCUT2D eigenvalue weighted by molar-refractivity contribution is 0.102. The predicted octanol–water partition coefficient (Wildman–Crippen LogP) is 3.86. The van der Waals surface area contributed by atoms with Crippen LogP contribution in [-0.2, 0) is 0 Å². The third kappa shape index (κ3) is 4.31. The third-order valence-corrected chi connectivity index (χ3v) is 3.13. The highest BCUT2D eigenvalue weighted by atomic mass is 35.5. The van der Waals surface area contributed by atoms with Crippen LogP contribution in [0.3, 0.4) is 0 Å². The van der Waals surface area contributed by atoms with Gasteiger partial charge in [-0.25, -0.2) is 9.97 Å². The van der Waals surface area contributed by atoms with Crippen molar-refractivity contribution >= 4 is 40.7 Å². The number of aromatic nitrogens is 2. The summed E-state index contributed by atoms with van der Waals surface area (Å²) in [6, 6.07) is 4.83. The molecule has 2 rings (SSSR count). The van der Waals surface area contributed by atoms with E-state index in [0.717, 1.165) is 13.0 Å². The molecule has 0 unspecified atom stereocenters. The first-order valence-corrected chi connectivity index (χ1v) is 7.18. The quantitative estimate of drug-likeness (QED) is 0.876. The Morgan fingerprint density at radius 2 is 2.05 bits per heavy atom. The van der Waals surface area contributed by atoms with Crippen molar-refractivity contribution in [3.05, 3.63) is 46.2 Å². The van der Waals surface area contributed by atoms with Gasteiger partial charge in [0.15, 0.2) is 0 Å². The molecule has 1 amide bonds. The normalized spacial score (nSPS) is 10.2. The lowest BCUT2D eigenvalue weighted by Gasteiger charge is -2.08. The molecule has 0 aliphatic heterocycles. The van der Waals surface area contributed by atoms with E-state index in [9.17, 15) is 4.79 Å². The summed E-state index contributed by atoms with van der Waals surface area (Å²) in [6.45, 7) is 2.81. The van der Waals surface area contributed by atoms with Crippen molar-refractivity contribution in [1.29, 1.82) is 0 Å². The molecule has 0 fully saturated rings. The van der Waals surface area contributed by atoms with Gasteiger partial charge in [-0.3, -0.25) is 4.79 Å². The standard InChI is InChI=1S/C14H14Cl2N4O/c1-2-5-17-13-11(16)6-9(7-19-13)14(21)20-12-4-3-10(15)8-18-12/h3-4,6-8H,2,5H2,1H3,(H,17,19)(H,18,20,21). The Morgan fingerprint density at radius 3 is 2.67 bits per heavy atom. The number of halogens is 2. The Labute approximate surface area is 132 Å². The monoisotopic (exact) mass is 324 g/mol. The number of rotatable bonds is 5. The number of hydrogen-bond donors (Lipinski definition) is 2. The Hall–Kier alpha value is -1.85. The number of hydrogen-bond acceptors (Lipinski definition) is 4. The summed E-state index contributed by atoms with van der Waals surface area (Å²) < 4.78 is 0. The van der Waals surface area contributed by atoms with Crippen LogP contribution in [-0.4, -0.2) is 22.4 Å². The van der Waals surface area contributed by atoms with Crippen molar-refractivity contribution in [2.24, 2.45) is 0 Å². The fourth-order valence-electron chi connectivity index (χ4n) is 1.57. The third-order valence-electron chi connectivity index (χ3n) is 2.61. The summed E-state index contributed by atoms with van der Waals surface area (Å²) >= 11 is 11.8. The van der Waals surface area contributed by atoms with Gasteiger partial charge in [0.1, 0.15) is 11.6 Å². The van der Waals surface area contributed by atoms with Crippen LogP contribution in [0.2, 0.25) is 10.0 Å². The summed E-state index contributed by atoms with van der Waals surface area (Å²) in [4.78, 5) is 20.2. The summed E-state index contributed by atoms with van der Waals surface area (Å²) in [7, 11) is 0. The van der Waals surface area contributed by atoms with Gasteiger partial charge in [-0.2, -0.15) is 0 Å². The molecule has 0 saturated heterocycles. The average Bonchev–Trinajstić information content (AvgIpc) is 2.48. The molecule has 2 aromatic rings. The van der Waals surface area contributed by atoms with E-state index >= 15 is 0 Å². The summed E-state index contributed by atoms with van der Waals surface area (Å²) in [5, 5.41) is 6.64. The van der Waals surface area contributed by atoms with Gasteiger partial charge in [0.05, 0.1) is 15.6 Å². The molecule has 0 aliphatic rings. The second-order valence-electron chi connectivity index (χ2n) is 4.30. The van der Waals surface area contributed by atoms with Crippen LogP contribution in [0.15, 0.2) is 30.6 Å². The van der Waals surface area contributed by atoms with E-state index in [1.807, 2.05) is 6.92 Å². The Morgan fingerprint density at radius 1 is 1.24 bits per heavy atom. The molecule has 0 bridgehead atoms. The summed E-state index contributed by atoms with van der Waals surface area (Å²) in [6.07, 6.45) is 3.89. The van der Waals surface area contributed by atoms with Crippen molar-refractivity contribution in [3.8, 4) is 0 Å². The Bertz CT molecular complexity index is 631. The topological polar surface area (TPSA) is 66.9 Å². The fraction of sp³-hybridized carbons (Fsp3) is 0.214. The van der Waals surface area contributed by atoms with Crippen LogP contribution in [0.4, 0.5) is 11.6 Å². The van der Waals surface area contributed by atoms with E-state index in [4.69, 9.17) is 23.2 Å². The van der Waals surface area contributed by atoms with E-state index in [1.54, 1.807) is 18.2 Å². The molecule has 0 atom stereocenters. The lowest BCUT2D eigenvalue weighted by Crippen LogP contribution is -2.14. The highest BCUT2D eigenvalue weighted by molar-refractivity contribution is 6.33. The van der Waals surface area contributed by atoms with E-state index < -0.39 is 0 Å². The first-order valence-electron chi connectivity index (χ1n) is 6.42. The van der Waals surface area contributed by atoms with Crippen LogP contribution in [0.5, 0.6) is 0 Å². The van der Waals surface area contributed by atoms with E-state index in [2.05, 4.69) is 20.6 Å². The number of pyridine rings is 2. The van der Waals surface area contributed by atoms with Crippen LogP contribution >= 0.6 is 23.2 Å². The van der Waals surface area contributed by atoms with Crippen molar-refractivity contribution in [3.63, 3.8) is 0 Å². The molecule has 110 valence electrons. The number of nitrogens with zero attached hydrogens (tertiary/aromatic N) is 2. The molecule has 0 aliphatic carbocycles. The summed E-state index contributed by atoms with van der Waals surface area (Å²) in [5.41, 5.74) is 0.360. The van der Waals surface area contributed by atoms with Crippen molar-refractivity contribution in [2.75, 3.05) is 17.2 Å². The number of anilines is 2. The van der Waals surface area contributed by atoms with Crippen molar-refractivity contribution in [2.45, 2.75) is 13.3 Å². The van der Waals surface area contributed by atoms with Gasteiger partial charge in [-0.15, -0.1) is 0 Å². The van der Waals surface area contributed by atoms with Crippen molar-refractivity contribution in [1.82, 2.24) is 9.97 Å². The lowest BCUT2D eigenvalue weighted by atomic mass is 10.2. The first kappa shape index (κ1) is 15.5. The van der Waals surface area contributed by atoms with E-state index in [-0.39, 0.29) is 5.91 Å². The molecule has 0 radical (unpaired) electrons. The first-order chi connectivity index (χ1) is 10.1. The number of amides is 1. The maximum absolute atomic E-state index is 12.1. The predicted molar refractivity (Wildman–Crippen MR) is 85.2 cm³/mol. The zero-order valence-corrected chi connectivity index (χ0v) is 12.9. The minimum Gasteiger partial charge on any atom is -0.369 e. The summed E-state index contributed by atoms with van der Waals surface area (Å²) in [5.74, 6) is 0.648. The number of nitrogens with one attached hydrogen (secondary N) is 2. The molecular formula is C14H14Cl2N4O. The van der Waals surface area contributed by atoms with E-state index in [1.165, 1.54) is 12.4 Å². The van der Waals surface area contributed by atoms with Crippen LogP contribution < -0.4 is 10.6 Å².